The summed E-state index contributed by atoms with van der Waals surface area (Å²) in [4.78, 5) is 24.5. The van der Waals surface area contributed by atoms with Gasteiger partial charge >= 0.3 is 0 Å². The van der Waals surface area contributed by atoms with Crippen LogP contribution in [0.15, 0.2) is 36.5 Å². The maximum absolute atomic E-state index is 13.3. The van der Waals surface area contributed by atoms with Crippen LogP contribution in [0.2, 0.25) is 0 Å². The number of aromatic nitrogens is 1. The number of piperazine rings is 1. The van der Waals surface area contributed by atoms with Crippen molar-refractivity contribution in [1.82, 2.24) is 14.8 Å². The number of pyridine rings is 1. The van der Waals surface area contributed by atoms with Gasteiger partial charge in [-0.15, -0.1) is 0 Å². The third-order valence-electron chi connectivity index (χ3n) is 7.35. The van der Waals surface area contributed by atoms with E-state index in [4.69, 9.17) is 10.00 Å². The average molecular weight is 432 g/mol. The lowest BCUT2D eigenvalue weighted by molar-refractivity contribution is -0.134. The number of carbonyl (C=O) groups is 1. The van der Waals surface area contributed by atoms with Gasteiger partial charge in [0.15, 0.2) is 0 Å². The van der Waals surface area contributed by atoms with Gasteiger partial charge < -0.3 is 14.5 Å². The summed E-state index contributed by atoms with van der Waals surface area (Å²) in [7, 11) is 1.72. The van der Waals surface area contributed by atoms with Crippen molar-refractivity contribution in [2.75, 3.05) is 38.2 Å². The number of hydrogen-bond donors (Lipinski definition) is 0. The maximum atomic E-state index is 13.3. The Morgan fingerprint density at radius 1 is 1.22 bits per heavy atom. The number of nitrogens with zero attached hydrogens (tertiary/aromatic N) is 5. The van der Waals surface area contributed by atoms with Crippen LogP contribution in [0.5, 0.6) is 5.75 Å². The molecule has 0 radical (unpaired) electrons. The summed E-state index contributed by atoms with van der Waals surface area (Å²) in [6.45, 7) is 4.98. The summed E-state index contributed by atoms with van der Waals surface area (Å²) in [6, 6.07) is 12.9. The smallest absolute Gasteiger partial charge is 0.236 e. The second-order valence-corrected chi connectivity index (χ2v) is 9.03. The number of methoxy groups -OCH3 is 1. The summed E-state index contributed by atoms with van der Waals surface area (Å²) in [6.07, 6.45) is 4.68. The molecule has 1 aromatic carbocycles. The molecule has 1 amide bonds. The Balaban J connectivity index is 1.25. The maximum Gasteiger partial charge on any atom is 0.236 e. The van der Waals surface area contributed by atoms with Gasteiger partial charge in [-0.3, -0.25) is 9.69 Å². The molecule has 7 nitrogen and oxygen atoms in total. The highest BCUT2D eigenvalue weighted by atomic mass is 16.5. The number of nitriles is 1. The molecule has 3 aliphatic heterocycles. The van der Waals surface area contributed by atoms with Crippen molar-refractivity contribution in [3.63, 3.8) is 0 Å². The lowest BCUT2D eigenvalue weighted by atomic mass is 9.92. The molecule has 2 bridgehead atoms. The molecule has 0 N–H and O–H groups in total. The van der Waals surface area contributed by atoms with E-state index in [1.807, 2.05) is 24.3 Å². The quantitative estimate of drug-likeness (QED) is 0.741. The standard InChI is InChI=1S/C25H29N5O2/c1-17-21-4-3-5-23(32-2)22(21)10-11-28(17)16-25(31)29-14-19-7-8-20(15-29)30(19)24-9-6-18(12-26)13-27-24/h3-6,9,13,17,19-20H,7-8,10-11,14-16H2,1-2H3. The number of rotatable bonds is 4. The van der Waals surface area contributed by atoms with Gasteiger partial charge in [-0.25, -0.2) is 4.98 Å². The SMILES string of the molecule is COc1cccc2c1CCN(CC(=O)N1CC3CCC(C1)N3c1ccc(C#N)cn1)C2C. The minimum absolute atomic E-state index is 0.193. The molecule has 0 spiro atoms. The number of anilines is 1. The first-order valence-corrected chi connectivity index (χ1v) is 11.4. The Bertz CT molecular complexity index is 1030. The summed E-state index contributed by atoms with van der Waals surface area (Å²) in [5.41, 5.74) is 3.11. The molecule has 2 aromatic rings. The summed E-state index contributed by atoms with van der Waals surface area (Å²) in [5.74, 6) is 2.08. The molecule has 166 valence electrons. The summed E-state index contributed by atoms with van der Waals surface area (Å²) < 4.78 is 5.54. The normalized spacial score (nSPS) is 24.7. The van der Waals surface area contributed by atoms with Gasteiger partial charge in [-0.2, -0.15) is 5.26 Å². The second-order valence-electron chi connectivity index (χ2n) is 9.03. The Morgan fingerprint density at radius 2 is 2.00 bits per heavy atom. The first-order chi connectivity index (χ1) is 15.6. The van der Waals surface area contributed by atoms with Crippen molar-refractivity contribution in [2.24, 2.45) is 0 Å². The fourth-order valence-electron chi connectivity index (χ4n) is 5.65. The minimum Gasteiger partial charge on any atom is -0.496 e. The van der Waals surface area contributed by atoms with Gasteiger partial charge in [-0.1, -0.05) is 12.1 Å². The van der Waals surface area contributed by atoms with E-state index in [0.29, 0.717) is 24.2 Å². The fraction of sp³-hybridized carbons (Fsp3) is 0.480. The predicted molar refractivity (Wildman–Crippen MR) is 122 cm³/mol. The van der Waals surface area contributed by atoms with Crippen LogP contribution in [-0.4, -0.2) is 66.1 Å². The number of likely N-dealkylation sites (tertiary alicyclic amines) is 1. The molecule has 1 aromatic heterocycles. The third-order valence-corrected chi connectivity index (χ3v) is 7.35. The molecule has 4 heterocycles. The molecule has 3 unspecified atom stereocenters. The van der Waals surface area contributed by atoms with Crippen molar-refractivity contribution >= 4 is 11.7 Å². The molecule has 32 heavy (non-hydrogen) atoms. The van der Waals surface area contributed by atoms with Gasteiger partial charge in [0, 0.05) is 49.5 Å². The van der Waals surface area contributed by atoms with Crippen LogP contribution in [0.25, 0.3) is 0 Å². The van der Waals surface area contributed by atoms with Crippen molar-refractivity contribution in [2.45, 2.75) is 44.3 Å². The summed E-state index contributed by atoms with van der Waals surface area (Å²) in [5, 5.41) is 9.03. The van der Waals surface area contributed by atoms with Gasteiger partial charge in [0.25, 0.3) is 0 Å². The van der Waals surface area contributed by atoms with E-state index in [0.717, 1.165) is 50.5 Å². The van der Waals surface area contributed by atoms with E-state index in [-0.39, 0.29) is 11.9 Å². The lowest BCUT2D eigenvalue weighted by Gasteiger charge is -2.43. The molecule has 7 heteroatoms. The zero-order valence-electron chi connectivity index (χ0n) is 18.7. The van der Waals surface area contributed by atoms with E-state index in [2.05, 4.69) is 38.7 Å². The number of carbonyl (C=O) groups excluding carboxylic acids is 1. The Morgan fingerprint density at radius 3 is 2.66 bits per heavy atom. The Labute approximate surface area is 189 Å². The van der Waals surface area contributed by atoms with Crippen LogP contribution in [0.1, 0.15) is 42.5 Å². The second kappa shape index (κ2) is 8.44. The number of ether oxygens (including phenoxy) is 1. The van der Waals surface area contributed by atoms with Crippen molar-refractivity contribution in [3.8, 4) is 11.8 Å². The zero-order valence-corrected chi connectivity index (χ0v) is 18.7. The highest BCUT2D eigenvalue weighted by Gasteiger charge is 2.42. The number of fused-ring (bicyclic) bond motifs is 3. The molecule has 2 fully saturated rings. The van der Waals surface area contributed by atoms with Crippen LogP contribution in [-0.2, 0) is 11.2 Å². The first kappa shape index (κ1) is 20.8. The zero-order chi connectivity index (χ0) is 22.2. The number of benzene rings is 1. The van der Waals surface area contributed by atoms with Gasteiger partial charge in [-0.05, 0) is 49.9 Å². The van der Waals surface area contributed by atoms with Crippen LogP contribution >= 0.6 is 0 Å². The largest absolute Gasteiger partial charge is 0.496 e. The fourth-order valence-corrected chi connectivity index (χ4v) is 5.65. The number of hydrogen-bond acceptors (Lipinski definition) is 6. The molecule has 0 aliphatic carbocycles. The molecule has 3 atom stereocenters. The average Bonchev–Trinajstić information content (AvgIpc) is 3.09. The van der Waals surface area contributed by atoms with E-state index in [1.165, 1.54) is 11.1 Å². The topological polar surface area (TPSA) is 72.7 Å². The van der Waals surface area contributed by atoms with Crippen LogP contribution in [0, 0.1) is 11.3 Å². The molecule has 5 rings (SSSR count). The van der Waals surface area contributed by atoms with Gasteiger partial charge in [0.2, 0.25) is 5.91 Å². The van der Waals surface area contributed by atoms with Crippen LogP contribution in [0.3, 0.4) is 0 Å². The Hall–Kier alpha value is -3.11. The third kappa shape index (κ3) is 3.59. The monoisotopic (exact) mass is 431 g/mol. The highest BCUT2D eigenvalue weighted by Crippen LogP contribution is 2.36. The van der Waals surface area contributed by atoms with Crippen molar-refractivity contribution in [1.29, 1.82) is 5.26 Å². The molecule has 0 saturated carbocycles. The summed E-state index contributed by atoms with van der Waals surface area (Å²) >= 11 is 0. The highest BCUT2D eigenvalue weighted by molar-refractivity contribution is 5.79. The first-order valence-electron chi connectivity index (χ1n) is 11.4. The van der Waals surface area contributed by atoms with E-state index >= 15 is 0 Å². The Kier molecular flexibility index (Phi) is 5.48. The lowest BCUT2D eigenvalue weighted by Crippen LogP contribution is -2.57. The van der Waals surface area contributed by atoms with Crippen molar-refractivity contribution < 1.29 is 9.53 Å². The van der Waals surface area contributed by atoms with E-state index in [9.17, 15) is 4.79 Å². The van der Waals surface area contributed by atoms with E-state index in [1.54, 1.807) is 13.3 Å². The van der Waals surface area contributed by atoms with Gasteiger partial charge in [0.1, 0.15) is 17.6 Å². The molecular formula is C25H29N5O2. The molecular weight excluding hydrogens is 402 g/mol. The minimum atomic E-state index is 0.193. The van der Waals surface area contributed by atoms with Gasteiger partial charge in [0.05, 0.1) is 19.2 Å². The predicted octanol–water partition coefficient (Wildman–Crippen LogP) is 2.76. The molecule has 3 aliphatic rings. The van der Waals surface area contributed by atoms with Crippen LogP contribution in [0.4, 0.5) is 5.82 Å². The van der Waals surface area contributed by atoms with Crippen molar-refractivity contribution in [3.05, 3.63) is 53.2 Å². The van der Waals surface area contributed by atoms with Crippen LogP contribution < -0.4 is 9.64 Å². The van der Waals surface area contributed by atoms with E-state index < -0.39 is 0 Å². The molecule has 2 saturated heterocycles. The number of amides is 1.